The maximum absolute atomic E-state index is 13.5. The van der Waals surface area contributed by atoms with Gasteiger partial charge in [0.1, 0.15) is 11.6 Å². The highest BCUT2D eigenvalue weighted by Gasteiger charge is 2.13. The summed E-state index contributed by atoms with van der Waals surface area (Å²) in [5.74, 6) is -2.64. The summed E-state index contributed by atoms with van der Waals surface area (Å²) >= 11 is 0. The number of hydrogen-bond acceptors (Lipinski definition) is 3. The van der Waals surface area contributed by atoms with Gasteiger partial charge in [-0.05, 0) is 36.8 Å². The molecule has 24 heavy (non-hydrogen) atoms. The van der Waals surface area contributed by atoms with Gasteiger partial charge in [-0.1, -0.05) is 0 Å². The lowest BCUT2D eigenvalue weighted by Crippen LogP contribution is -2.32. The lowest BCUT2D eigenvalue weighted by molar-refractivity contribution is -0.121. The molecule has 2 aromatic rings. The summed E-state index contributed by atoms with van der Waals surface area (Å²) in [6, 6.07) is 6.10. The van der Waals surface area contributed by atoms with Crippen LogP contribution in [0.2, 0.25) is 0 Å². The molecule has 126 valence electrons. The molecular weight excluding hydrogens is 316 g/mol. The highest BCUT2D eigenvalue weighted by Crippen LogP contribution is 2.11. The Morgan fingerprint density at radius 2 is 1.88 bits per heavy atom. The molecule has 0 saturated carbocycles. The van der Waals surface area contributed by atoms with Crippen LogP contribution in [-0.4, -0.2) is 23.3 Å². The van der Waals surface area contributed by atoms with Gasteiger partial charge in [-0.3, -0.25) is 14.6 Å². The predicted octanol–water partition coefficient (Wildman–Crippen LogP) is 2.36. The second-order valence-electron chi connectivity index (χ2n) is 5.20. The Kier molecular flexibility index (Phi) is 5.95. The zero-order valence-electron chi connectivity index (χ0n) is 13.1. The molecule has 5 nitrogen and oxygen atoms in total. The molecule has 0 radical (unpaired) electrons. The second kappa shape index (κ2) is 8.14. The molecule has 0 fully saturated rings. The number of carbonyl (C=O) groups is 2. The first-order valence-corrected chi connectivity index (χ1v) is 7.40. The van der Waals surface area contributed by atoms with Crippen LogP contribution in [0.15, 0.2) is 42.7 Å². The minimum Gasteiger partial charge on any atom is -0.351 e. The van der Waals surface area contributed by atoms with Gasteiger partial charge in [0.25, 0.3) is 5.91 Å². The van der Waals surface area contributed by atoms with Gasteiger partial charge >= 0.3 is 0 Å². The molecule has 1 atom stereocenters. The normalized spacial score (nSPS) is 11.6. The van der Waals surface area contributed by atoms with Gasteiger partial charge in [-0.15, -0.1) is 0 Å². The topological polar surface area (TPSA) is 71.1 Å². The molecule has 0 saturated heterocycles. The lowest BCUT2D eigenvalue weighted by Gasteiger charge is -2.14. The van der Waals surface area contributed by atoms with E-state index < -0.39 is 17.5 Å². The number of nitrogens with zero attached hydrogens (tertiary/aromatic N) is 1. The Bertz CT molecular complexity index is 723. The SMILES string of the molecule is CC(NC(=O)CCNC(=O)c1ccc(F)cc1F)c1ccncc1. The van der Waals surface area contributed by atoms with Crippen LogP contribution >= 0.6 is 0 Å². The summed E-state index contributed by atoms with van der Waals surface area (Å²) in [6.07, 6.45) is 3.31. The number of pyridine rings is 1. The number of nitrogens with one attached hydrogen (secondary N) is 2. The monoisotopic (exact) mass is 333 g/mol. The molecule has 2 amide bonds. The number of aromatic nitrogens is 1. The standard InChI is InChI=1S/C17H17F2N3O2/c1-11(12-4-7-20-8-5-12)22-16(23)6-9-21-17(24)14-3-2-13(18)10-15(14)19/h2-5,7-8,10-11H,6,9H2,1H3,(H,21,24)(H,22,23). The molecular formula is C17H17F2N3O2. The van der Waals surface area contributed by atoms with E-state index in [0.717, 1.165) is 17.7 Å². The lowest BCUT2D eigenvalue weighted by atomic mass is 10.1. The fourth-order valence-corrected chi connectivity index (χ4v) is 2.11. The Morgan fingerprint density at radius 3 is 2.54 bits per heavy atom. The quantitative estimate of drug-likeness (QED) is 0.852. The van der Waals surface area contributed by atoms with Crippen molar-refractivity contribution in [1.29, 1.82) is 0 Å². The van der Waals surface area contributed by atoms with Crippen LogP contribution < -0.4 is 10.6 Å². The van der Waals surface area contributed by atoms with Gasteiger partial charge < -0.3 is 10.6 Å². The van der Waals surface area contributed by atoms with Gasteiger partial charge in [0.2, 0.25) is 5.91 Å². The van der Waals surface area contributed by atoms with E-state index in [4.69, 9.17) is 0 Å². The first-order chi connectivity index (χ1) is 11.5. The third-order valence-electron chi connectivity index (χ3n) is 3.40. The van der Waals surface area contributed by atoms with Crippen LogP contribution in [0, 0.1) is 11.6 Å². The van der Waals surface area contributed by atoms with Crippen molar-refractivity contribution in [3.63, 3.8) is 0 Å². The zero-order valence-corrected chi connectivity index (χ0v) is 13.1. The predicted molar refractivity (Wildman–Crippen MR) is 84.1 cm³/mol. The van der Waals surface area contributed by atoms with Crippen molar-refractivity contribution in [1.82, 2.24) is 15.6 Å². The summed E-state index contributed by atoms with van der Waals surface area (Å²) in [6.45, 7) is 1.88. The summed E-state index contributed by atoms with van der Waals surface area (Å²) in [5.41, 5.74) is 0.651. The van der Waals surface area contributed by atoms with E-state index in [9.17, 15) is 18.4 Å². The van der Waals surface area contributed by atoms with E-state index in [1.807, 2.05) is 6.92 Å². The first kappa shape index (κ1) is 17.5. The van der Waals surface area contributed by atoms with Gasteiger partial charge in [-0.25, -0.2) is 8.78 Å². The van der Waals surface area contributed by atoms with Gasteiger partial charge in [-0.2, -0.15) is 0 Å². The third kappa shape index (κ3) is 4.84. The Labute approximate surface area is 138 Å². The molecule has 1 aromatic carbocycles. The van der Waals surface area contributed by atoms with Crippen LogP contribution in [0.3, 0.4) is 0 Å². The van der Waals surface area contributed by atoms with E-state index in [0.29, 0.717) is 6.07 Å². The van der Waals surface area contributed by atoms with E-state index in [1.165, 1.54) is 0 Å². The van der Waals surface area contributed by atoms with Crippen molar-refractivity contribution in [3.8, 4) is 0 Å². The van der Waals surface area contributed by atoms with Gasteiger partial charge in [0, 0.05) is 31.4 Å². The summed E-state index contributed by atoms with van der Waals surface area (Å²) in [7, 11) is 0. The van der Waals surface area contributed by atoms with E-state index in [2.05, 4.69) is 15.6 Å². The number of benzene rings is 1. The average molecular weight is 333 g/mol. The Morgan fingerprint density at radius 1 is 1.17 bits per heavy atom. The molecule has 0 spiro atoms. The van der Waals surface area contributed by atoms with Gasteiger partial charge in [0.15, 0.2) is 0 Å². The first-order valence-electron chi connectivity index (χ1n) is 7.40. The molecule has 0 aliphatic rings. The highest BCUT2D eigenvalue weighted by atomic mass is 19.1. The summed E-state index contributed by atoms with van der Waals surface area (Å²) in [5, 5.41) is 5.22. The van der Waals surface area contributed by atoms with Crippen LogP contribution in [0.25, 0.3) is 0 Å². The van der Waals surface area contributed by atoms with Crippen LogP contribution in [0.1, 0.15) is 35.3 Å². The van der Waals surface area contributed by atoms with Crippen molar-refractivity contribution in [2.24, 2.45) is 0 Å². The molecule has 0 bridgehead atoms. The van der Waals surface area contributed by atoms with Crippen molar-refractivity contribution in [3.05, 3.63) is 65.5 Å². The average Bonchev–Trinajstić information content (AvgIpc) is 2.55. The van der Waals surface area contributed by atoms with E-state index in [-0.39, 0.29) is 30.5 Å². The molecule has 2 rings (SSSR count). The molecule has 7 heteroatoms. The Hall–Kier alpha value is -2.83. The second-order valence-corrected chi connectivity index (χ2v) is 5.20. The number of hydrogen-bond donors (Lipinski definition) is 2. The number of rotatable bonds is 6. The largest absolute Gasteiger partial charge is 0.351 e. The number of amides is 2. The third-order valence-corrected chi connectivity index (χ3v) is 3.40. The van der Waals surface area contributed by atoms with Crippen molar-refractivity contribution in [2.45, 2.75) is 19.4 Å². The minimum atomic E-state index is -0.941. The number of halogens is 2. The fraction of sp³-hybridized carbons (Fsp3) is 0.235. The van der Waals surface area contributed by atoms with Crippen molar-refractivity contribution in [2.75, 3.05) is 6.54 Å². The Balaban J connectivity index is 1.79. The minimum absolute atomic E-state index is 0.0456. The molecule has 2 N–H and O–H groups in total. The van der Waals surface area contributed by atoms with E-state index in [1.54, 1.807) is 24.5 Å². The maximum atomic E-state index is 13.5. The molecule has 0 aliphatic carbocycles. The molecule has 0 aliphatic heterocycles. The highest BCUT2D eigenvalue weighted by molar-refractivity contribution is 5.94. The smallest absolute Gasteiger partial charge is 0.254 e. The fourth-order valence-electron chi connectivity index (χ4n) is 2.11. The molecule has 1 heterocycles. The zero-order chi connectivity index (χ0) is 17.5. The van der Waals surface area contributed by atoms with Crippen molar-refractivity contribution < 1.29 is 18.4 Å². The molecule has 1 aromatic heterocycles. The van der Waals surface area contributed by atoms with Crippen molar-refractivity contribution >= 4 is 11.8 Å². The maximum Gasteiger partial charge on any atom is 0.254 e. The van der Waals surface area contributed by atoms with Crippen LogP contribution in [0.4, 0.5) is 8.78 Å². The van der Waals surface area contributed by atoms with Crippen LogP contribution in [0.5, 0.6) is 0 Å². The summed E-state index contributed by atoms with van der Waals surface area (Å²) < 4.78 is 26.3. The summed E-state index contributed by atoms with van der Waals surface area (Å²) in [4.78, 5) is 27.5. The van der Waals surface area contributed by atoms with Gasteiger partial charge in [0.05, 0.1) is 11.6 Å². The van der Waals surface area contributed by atoms with E-state index >= 15 is 0 Å². The number of carbonyl (C=O) groups excluding carboxylic acids is 2. The van der Waals surface area contributed by atoms with Crippen LogP contribution in [-0.2, 0) is 4.79 Å². The molecule has 1 unspecified atom stereocenters.